The SMILES string of the molecule is CN1CCC(CN2CCN(c3ccc(-c4ccc(C(F)(F)F)cc4)nn3)CC2)CC1.Cl.Cl. The van der Waals surface area contributed by atoms with Gasteiger partial charge in [-0.05, 0) is 63.2 Å². The molecule has 2 aromatic rings. The second-order valence-corrected chi connectivity index (χ2v) is 8.39. The topological polar surface area (TPSA) is 35.5 Å². The highest BCUT2D eigenvalue weighted by atomic mass is 35.5. The average Bonchev–Trinajstić information content (AvgIpc) is 2.76. The fourth-order valence-corrected chi connectivity index (χ4v) is 4.25. The molecule has 0 radical (unpaired) electrons. The molecule has 2 aliphatic heterocycles. The molecule has 0 atom stereocenters. The summed E-state index contributed by atoms with van der Waals surface area (Å²) in [6, 6.07) is 8.77. The summed E-state index contributed by atoms with van der Waals surface area (Å²) in [5, 5.41) is 8.57. The Morgan fingerprint density at radius 3 is 2.00 bits per heavy atom. The van der Waals surface area contributed by atoms with Crippen molar-refractivity contribution in [3.8, 4) is 11.3 Å². The second kappa shape index (κ2) is 11.5. The normalized spacial score (nSPS) is 18.7. The lowest BCUT2D eigenvalue weighted by atomic mass is 9.96. The lowest BCUT2D eigenvalue weighted by Crippen LogP contribution is -2.49. The maximum Gasteiger partial charge on any atom is 0.416 e. The fraction of sp³-hybridized carbons (Fsp3) is 0.545. The number of likely N-dealkylation sites (tertiary alicyclic amines) is 1. The van der Waals surface area contributed by atoms with Gasteiger partial charge in [0.1, 0.15) is 0 Å². The number of benzene rings is 1. The molecule has 0 aliphatic carbocycles. The standard InChI is InChI=1S/C22H28F3N5.2ClH/c1-28-10-8-17(9-11-28)16-29-12-14-30(15-13-29)21-7-6-20(26-27-21)18-2-4-19(5-3-18)22(23,24)25;;/h2-7,17H,8-16H2,1H3;2*1H. The number of hydrogen-bond acceptors (Lipinski definition) is 5. The van der Waals surface area contributed by atoms with Gasteiger partial charge in [0, 0.05) is 38.3 Å². The minimum absolute atomic E-state index is 0. The zero-order valence-electron chi connectivity index (χ0n) is 18.1. The van der Waals surface area contributed by atoms with E-state index in [1.54, 1.807) is 0 Å². The van der Waals surface area contributed by atoms with Crippen molar-refractivity contribution in [2.24, 2.45) is 5.92 Å². The number of rotatable bonds is 4. The third-order valence-electron chi connectivity index (χ3n) is 6.21. The Bertz CT molecular complexity index is 817. The van der Waals surface area contributed by atoms with E-state index in [4.69, 9.17) is 0 Å². The van der Waals surface area contributed by atoms with Gasteiger partial charge in [-0.1, -0.05) is 12.1 Å². The highest BCUT2D eigenvalue weighted by molar-refractivity contribution is 5.85. The van der Waals surface area contributed by atoms with Crippen LogP contribution in [0.15, 0.2) is 36.4 Å². The molecule has 1 aromatic carbocycles. The van der Waals surface area contributed by atoms with Crippen LogP contribution in [-0.4, -0.2) is 72.9 Å². The molecule has 2 saturated heterocycles. The first-order chi connectivity index (χ1) is 14.4. The summed E-state index contributed by atoms with van der Waals surface area (Å²) in [4.78, 5) is 7.19. The molecule has 2 fully saturated rings. The molecule has 3 heterocycles. The van der Waals surface area contributed by atoms with Crippen LogP contribution in [0.3, 0.4) is 0 Å². The number of anilines is 1. The summed E-state index contributed by atoms with van der Waals surface area (Å²) in [6.45, 7) is 7.46. The van der Waals surface area contributed by atoms with Crippen molar-refractivity contribution in [3.63, 3.8) is 0 Å². The van der Waals surface area contributed by atoms with Gasteiger partial charge in [0.05, 0.1) is 11.3 Å². The van der Waals surface area contributed by atoms with Crippen molar-refractivity contribution < 1.29 is 13.2 Å². The van der Waals surface area contributed by atoms with Crippen LogP contribution in [0.25, 0.3) is 11.3 Å². The maximum atomic E-state index is 12.7. The highest BCUT2D eigenvalue weighted by Gasteiger charge is 2.30. The molecule has 0 N–H and O–H groups in total. The minimum Gasteiger partial charge on any atom is -0.353 e. The zero-order chi connectivity index (χ0) is 21.1. The van der Waals surface area contributed by atoms with E-state index in [1.165, 1.54) is 44.6 Å². The summed E-state index contributed by atoms with van der Waals surface area (Å²) in [5.74, 6) is 1.63. The van der Waals surface area contributed by atoms with E-state index in [1.807, 2.05) is 12.1 Å². The van der Waals surface area contributed by atoms with Crippen LogP contribution in [0.4, 0.5) is 19.0 Å². The number of alkyl halides is 3. The molecular formula is C22H30Cl2F3N5. The largest absolute Gasteiger partial charge is 0.416 e. The summed E-state index contributed by atoms with van der Waals surface area (Å²) < 4.78 is 38.1. The molecule has 0 spiro atoms. The van der Waals surface area contributed by atoms with Crippen LogP contribution in [0.1, 0.15) is 18.4 Å². The van der Waals surface area contributed by atoms with Crippen molar-refractivity contribution in [3.05, 3.63) is 42.0 Å². The Hall–Kier alpha value is -1.61. The molecule has 4 rings (SSSR count). The smallest absolute Gasteiger partial charge is 0.353 e. The molecule has 32 heavy (non-hydrogen) atoms. The molecule has 178 valence electrons. The summed E-state index contributed by atoms with van der Waals surface area (Å²) in [7, 11) is 2.19. The lowest BCUT2D eigenvalue weighted by molar-refractivity contribution is -0.137. The van der Waals surface area contributed by atoms with Gasteiger partial charge >= 0.3 is 6.18 Å². The van der Waals surface area contributed by atoms with Crippen LogP contribution in [-0.2, 0) is 6.18 Å². The van der Waals surface area contributed by atoms with Crippen LogP contribution in [0.2, 0.25) is 0 Å². The molecule has 0 unspecified atom stereocenters. The third-order valence-corrected chi connectivity index (χ3v) is 6.21. The van der Waals surface area contributed by atoms with E-state index < -0.39 is 11.7 Å². The third kappa shape index (κ3) is 6.70. The molecule has 10 heteroatoms. The van der Waals surface area contributed by atoms with Gasteiger partial charge in [0.2, 0.25) is 0 Å². The summed E-state index contributed by atoms with van der Waals surface area (Å²) >= 11 is 0. The minimum atomic E-state index is -4.33. The monoisotopic (exact) mass is 491 g/mol. The fourth-order valence-electron chi connectivity index (χ4n) is 4.25. The van der Waals surface area contributed by atoms with Crippen molar-refractivity contribution >= 4 is 30.6 Å². The van der Waals surface area contributed by atoms with Crippen molar-refractivity contribution in [2.45, 2.75) is 19.0 Å². The van der Waals surface area contributed by atoms with E-state index >= 15 is 0 Å². The number of piperazine rings is 1. The van der Waals surface area contributed by atoms with Crippen molar-refractivity contribution in [2.75, 3.05) is 57.8 Å². The number of piperidine rings is 1. The van der Waals surface area contributed by atoms with Gasteiger partial charge in [0.15, 0.2) is 5.82 Å². The first-order valence-electron chi connectivity index (χ1n) is 10.6. The zero-order valence-corrected chi connectivity index (χ0v) is 19.7. The summed E-state index contributed by atoms with van der Waals surface area (Å²) in [5.41, 5.74) is 0.548. The van der Waals surface area contributed by atoms with Gasteiger partial charge in [0.25, 0.3) is 0 Å². The van der Waals surface area contributed by atoms with E-state index in [-0.39, 0.29) is 24.8 Å². The first-order valence-corrected chi connectivity index (χ1v) is 10.6. The highest BCUT2D eigenvalue weighted by Crippen LogP contribution is 2.30. The predicted molar refractivity (Wildman–Crippen MR) is 126 cm³/mol. The van der Waals surface area contributed by atoms with Gasteiger partial charge in [-0.3, -0.25) is 4.90 Å². The lowest BCUT2D eigenvalue weighted by Gasteiger charge is -2.38. The Morgan fingerprint density at radius 1 is 0.844 bits per heavy atom. The van der Waals surface area contributed by atoms with E-state index in [9.17, 15) is 13.2 Å². The maximum absolute atomic E-state index is 12.7. The molecule has 0 bridgehead atoms. The summed E-state index contributed by atoms with van der Waals surface area (Å²) in [6.07, 6.45) is -1.76. The molecule has 0 amide bonds. The molecule has 2 aliphatic rings. The Morgan fingerprint density at radius 2 is 1.47 bits per heavy atom. The quantitative estimate of drug-likeness (QED) is 0.630. The predicted octanol–water partition coefficient (Wildman–Crippen LogP) is 4.47. The van der Waals surface area contributed by atoms with E-state index in [0.29, 0.717) is 11.3 Å². The van der Waals surface area contributed by atoms with Crippen LogP contribution >= 0.6 is 24.8 Å². The Kier molecular flexibility index (Phi) is 9.57. The molecule has 0 saturated carbocycles. The van der Waals surface area contributed by atoms with Crippen LogP contribution in [0, 0.1) is 5.92 Å². The number of aromatic nitrogens is 2. The van der Waals surface area contributed by atoms with Crippen LogP contribution < -0.4 is 4.90 Å². The van der Waals surface area contributed by atoms with Gasteiger partial charge < -0.3 is 9.80 Å². The van der Waals surface area contributed by atoms with Gasteiger partial charge in [-0.2, -0.15) is 13.2 Å². The average molecular weight is 492 g/mol. The molecule has 1 aromatic heterocycles. The second-order valence-electron chi connectivity index (χ2n) is 8.39. The Balaban J connectivity index is 0.00000181. The Labute approximate surface area is 199 Å². The van der Waals surface area contributed by atoms with Crippen molar-refractivity contribution in [1.82, 2.24) is 20.0 Å². The molecule has 5 nitrogen and oxygen atoms in total. The van der Waals surface area contributed by atoms with E-state index in [0.717, 1.165) is 50.0 Å². The number of hydrogen-bond donors (Lipinski definition) is 0. The van der Waals surface area contributed by atoms with Crippen LogP contribution in [0.5, 0.6) is 0 Å². The van der Waals surface area contributed by atoms with E-state index in [2.05, 4.69) is 31.9 Å². The molecular weight excluding hydrogens is 462 g/mol. The first kappa shape index (κ1) is 26.6. The van der Waals surface area contributed by atoms with Crippen molar-refractivity contribution in [1.29, 1.82) is 0 Å². The number of nitrogens with zero attached hydrogens (tertiary/aromatic N) is 5. The van der Waals surface area contributed by atoms with Gasteiger partial charge in [-0.15, -0.1) is 35.0 Å². The van der Waals surface area contributed by atoms with Gasteiger partial charge in [-0.25, -0.2) is 0 Å². The number of halogens is 5.